The summed E-state index contributed by atoms with van der Waals surface area (Å²) in [6, 6.07) is 7.99. The fourth-order valence-electron chi connectivity index (χ4n) is 6.77. The van der Waals surface area contributed by atoms with Crippen LogP contribution in [0.25, 0.3) is 0 Å². The van der Waals surface area contributed by atoms with Crippen molar-refractivity contribution in [1.29, 1.82) is 0 Å². The Bertz CT molecular complexity index is 1240. The van der Waals surface area contributed by atoms with Crippen molar-refractivity contribution in [2.75, 3.05) is 6.61 Å². The lowest BCUT2D eigenvalue weighted by molar-refractivity contribution is -0.286. The monoisotopic (exact) mass is 690 g/mol. The summed E-state index contributed by atoms with van der Waals surface area (Å²) in [5, 5.41) is 35.8. The molecule has 13 heteroatoms. The molecule has 1 aromatic rings. The number of amides is 1. The normalized spacial score (nSPS) is 40.7. The third-order valence-corrected chi connectivity index (χ3v) is 9.62. The molecule has 3 heterocycles. The summed E-state index contributed by atoms with van der Waals surface area (Å²) < 4.78 is 42.9. The number of carbonyl (C=O) groups excluding carboxylic acids is 1. The lowest BCUT2D eigenvalue weighted by Gasteiger charge is -2.45. The molecule has 0 radical (unpaired) electrons. The number of carbonyl (C=O) groups is 1. The maximum atomic E-state index is 12.8. The molecule has 3 aliphatic heterocycles. The number of rotatable bonds is 13. The molecule has 49 heavy (non-hydrogen) atoms. The fraction of sp³-hybridized carbons (Fsp3) is 0.694. The number of nitrogens with one attached hydrogen (secondary N) is 1. The van der Waals surface area contributed by atoms with Gasteiger partial charge in [-0.05, 0) is 30.7 Å². The molecule has 13 nitrogen and oxygen atoms in total. The second-order valence-corrected chi connectivity index (χ2v) is 13.5. The molecule has 15 atom stereocenters. The molecule has 274 valence electrons. The van der Waals surface area contributed by atoms with Crippen LogP contribution in [0.2, 0.25) is 0 Å². The zero-order valence-corrected chi connectivity index (χ0v) is 28.8. The number of alkyl carbamates (subject to hydrolysis) is 1. The second-order valence-electron chi connectivity index (χ2n) is 13.5. The average molecular weight is 691 g/mol. The van der Waals surface area contributed by atoms with E-state index in [2.05, 4.69) is 12.2 Å². The molecule has 1 aliphatic carbocycles. The summed E-state index contributed by atoms with van der Waals surface area (Å²) in [5.74, 6) is -0.313. The molecule has 0 bridgehead atoms. The number of nitrogens with two attached hydrogens (primary N) is 1. The van der Waals surface area contributed by atoms with Gasteiger partial charge in [0, 0.05) is 12.0 Å². The molecule has 2 fully saturated rings. The van der Waals surface area contributed by atoms with Crippen molar-refractivity contribution in [3.05, 3.63) is 60.2 Å². The number of hydrogen-bond acceptors (Lipinski definition) is 12. The van der Waals surface area contributed by atoms with Crippen LogP contribution >= 0.6 is 0 Å². The van der Waals surface area contributed by atoms with Crippen molar-refractivity contribution < 1.29 is 53.3 Å². The Morgan fingerprint density at radius 3 is 2.29 bits per heavy atom. The van der Waals surface area contributed by atoms with E-state index in [-0.39, 0.29) is 30.7 Å². The minimum atomic E-state index is -1.32. The van der Waals surface area contributed by atoms with Crippen molar-refractivity contribution in [1.82, 2.24) is 5.32 Å². The highest BCUT2D eigenvalue weighted by Crippen LogP contribution is 2.36. The first-order valence-corrected chi connectivity index (χ1v) is 17.6. The van der Waals surface area contributed by atoms with E-state index in [4.69, 9.17) is 38.9 Å². The number of aliphatic hydroxyl groups is 3. The van der Waals surface area contributed by atoms with E-state index in [1.54, 1.807) is 0 Å². The number of hydrogen-bond donors (Lipinski definition) is 5. The van der Waals surface area contributed by atoms with Gasteiger partial charge in [0.25, 0.3) is 0 Å². The van der Waals surface area contributed by atoms with Gasteiger partial charge < -0.3 is 59.5 Å². The van der Waals surface area contributed by atoms with Gasteiger partial charge in [-0.2, -0.15) is 0 Å². The van der Waals surface area contributed by atoms with Crippen LogP contribution in [-0.2, 0) is 39.8 Å². The Morgan fingerprint density at radius 1 is 0.878 bits per heavy atom. The molecule has 6 N–H and O–H groups in total. The maximum absolute atomic E-state index is 12.8. The Labute approximate surface area is 288 Å². The van der Waals surface area contributed by atoms with Crippen LogP contribution in [0.15, 0.2) is 54.6 Å². The van der Waals surface area contributed by atoms with Crippen LogP contribution < -0.4 is 11.1 Å². The highest BCUT2D eigenvalue weighted by atomic mass is 16.8. The Morgan fingerprint density at radius 2 is 1.57 bits per heavy atom. The van der Waals surface area contributed by atoms with E-state index in [0.717, 1.165) is 18.4 Å². The summed E-state index contributed by atoms with van der Waals surface area (Å²) in [6.07, 6.45) is 0.426. The minimum absolute atomic E-state index is 0.0925. The minimum Gasteiger partial charge on any atom is -0.445 e. The predicted molar refractivity (Wildman–Crippen MR) is 178 cm³/mol. The van der Waals surface area contributed by atoms with Crippen molar-refractivity contribution in [3.63, 3.8) is 0 Å². The van der Waals surface area contributed by atoms with Gasteiger partial charge in [0.05, 0.1) is 31.0 Å². The molecule has 1 amide bonds. The van der Waals surface area contributed by atoms with Crippen LogP contribution in [0.3, 0.4) is 0 Å². The van der Waals surface area contributed by atoms with Crippen LogP contribution in [0.1, 0.15) is 58.9 Å². The van der Waals surface area contributed by atoms with Gasteiger partial charge in [-0.15, -0.1) is 0 Å². The Kier molecular flexibility index (Phi) is 13.6. The molecule has 0 spiro atoms. The quantitative estimate of drug-likeness (QED) is 0.191. The summed E-state index contributed by atoms with van der Waals surface area (Å²) >= 11 is 0. The van der Waals surface area contributed by atoms with Crippen LogP contribution in [0.5, 0.6) is 0 Å². The second kappa shape index (κ2) is 17.7. The van der Waals surface area contributed by atoms with Gasteiger partial charge in [0.2, 0.25) is 0 Å². The van der Waals surface area contributed by atoms with Crippen LogP contribution in [0.4, 0.5) is 4.79 Å². The molecule has 1 saturated heterocycles. The number of aliphatic hydroxyl groups excluding tert-OH is 3. The molecule has 1 saturated carbocycles. The van der Waals surface area contributed by atoms with Crippen LogP contribution in [-0.4, -0.2) is 108 Å². The molecule has 0 aromatic heterocycles. The van der Waals surface area contributed by atoms with Gasteiger partial charge >= 0.3 is 6.09 Å². The summed E-state index contributed by atoms with van der Waals surface area (Å²) in [4.78, 5) is 12.8. The largest absolute Gasteiger partial charge is 0.445 e. The van der Waals surface area contributed by atoms with E-state index in [9.17, 15) is 20.1 Å². The first-order chi connectivity index (χ1) is 23.6. The maximum Gasteiger partial charge on any atom is 0.408 e. The predicted octanol–water partition coefficient (Wildman–Crippen LogP) is 2.65. The van der Waals surface area contributed by atoms with Gasteiger partial charge in [-0.25, -0.2) is 4.79 Å². The highest BCUT2D eigenvalue weighted by Gasteiger charge is 2.52. The van der Waals surface area contributed by atoms with Gasteiger partial charge in [-0.1, -0.05) is 88.8 Å². The van der Waals surface area contributed by atoms with Crippen molar-refractivity contribution >= 4 is 6.09 Å². The van der Waals surface area contributed by atoms with E-state index in [1.807, 2.05) is 75.4 Å². The van der Waals surface area contributed by atoms with Gasteiger partial charge in [-0.3, -0.25) is 0 Å². The molecule has 1 aromatic carbocycles. The van der Waals surface area contributed by atoms with E-state index in [1.165, 1.54) is 0 Å². The lowest BCUT2D eigenvalue weighted by atomic mass is 9.80. The molecule has 5 rings (SSSR count). The SMILES string of the molecule is CCCC1C=CC(C)C(OC2C(CO)OC(OC3C(O)C(N)CC(C)C3OC3OC(CC)C=CC3NC(=O)OCc3ccccc3)C2O)O1. The fourth-order valence-corrected chi connectivity index (χ4v) is 6.77. The highest BCUT2D eigenvalue weighted by molar-refractivity contribution is 5.68. The first kappa shape index (κ1) is 37.8. The Hall–Kier alpha value is -2.43. The Balaban J connectivity index is 1.28. The zero-order chi connectivity index (χ0) is 35.1. The van der Waals surface area contributed by atoms with Crippen molar-refractivity contribution in [3.8, 4) is 0 Å². The van der Waals surface area contributed by atoms with Crippen LogP contribution in [0, 0.1) is 11.8 Å². The summed E-state index contributed by atoms with van der Waals surface area (Å²) in [6.45, 7) is 7.58. The zero-order valence-electron chi connectivity index (χ0n) is 28.8. The topological polar surface area (TPSA) is 180 Å². The van der Waals surface area contributed by atoms with E-state index < -0.39 is 80.3 Å². The molecule has 15 unspecified atom stereocenters. The summed E-state index contributed by atoms with van der Waals surface area (Å²) in [5.41, 5.74) is 7.19. The number of ether oxygens (including phenoxy) is 7. The standard InChI is InChI=1S/C36H54N2O11/c1-5-10-24-14-13-20(3)33(45-24)48-31-27(18-39)46-35(29(31)41)49-32-28(40)25(37)17-21(4)30(32)47-34-26(16-15-23(6-2)44-34)38-36(42)43-19-22-11-8-7-9-12-22/h7-9,11-16,20-21,23-35,39-41H,5-6,10,17-19,37H2,1-4H3,(H,38,42). The van der Waals surface area contributed by atoms with E-state index >= 15 is 0 Å². The van der Waals surface area contributed by atoms with Gasteiger partial charge in [0.1, 0.15) is 37.1 Å². The average Bonchev–Trinajstić information content (AvgIpc) is 3.39. The first-order valence-electron chi connectivity index (χ1n) is 17.6. The molecular weight excluding hydrogens is 636 g/mol. The number of benzene rings is 1. The van der Waals surface area contributed by atoms with E-state index in [0.29, 0.717) is 12.8 Å². The van der Waals surface area contributed by atoms with Gasteiger partial charge in [0.15, 0.2) is 18.9 Å². The third kappa shape index (κ3) is 9.47. The smallest absolute Gasteiger partial charge is 0.408 e. The summed E-state index contributed by atoms with van der Waals surface area (Å²) in [7, 11) is 0. The lowest BCUT2D eigenvalue weighted by Crippen LogP contribution is -2.61. The molecule has 4 aliphatic rings. The van der Waals surface area contributed by atoms with Crippen molar-refractivity contribution in [2.24, 2.45) is 17.6 Å². The van der Waals surface area contributed by atoms with Crippen molar-refractivity contribution in [2.45, 2.75) is 140 Å². The molecular formula is C36H54N2O11. The third-order valence-electron chi connectivity index (χ3n) is 9.62.